The molecule has 0 radical (unpaired) electrons. The Morgan fingerprint density at radius 2 is 2.14 bits per heavy atom. The molecule has 6 heteroatoms. The first-order chi connectivity index (χ1) is 10.6. The Morgan fingerprint density at radius 3 is 2.91 bits per heavy atom. The molecular weight excluding hydrogens is 290 g/mol. The number of benzene rings is 1. The van der Waals surface area contributed by atoms with Crippen LogP contribution in [0.4, 0.5) is 8.78 Å². The number of fused-ring (bicyclic) bond motifs is 1. The minimum atomic E-state index is -1.01. The SMILES string of the molecule is O=C(Cc1cccc(F)c1F)c1c[nH]c2ncc(CO)cc12. The number of nitrogens with one attached hydrogen (secondary N) is 1. The number of hydrogen-bond acceptors (Lipinski definition) is 3. The second-order valence-corrected chi connectivity index (χ2v) is 4.91. The van der Waals surface area contributed by atoms with Gasteiger partial charge in [-0.1, -0.05) is 12.1 Å². The van der Waals surface area contributed by atoms with E-state index in [1.54, 1.807) is 6.07 Å². The van der Waals surface area contributed by atoms with Crippen molar-refractivity contribution < 1.29 is 18.7 Å². The summed E-state index contributed by atoms with van der Waals surface area (Å²) in [7, 11) is 0. The Hall–Kier alpha value is -2.60. The summed E-state index contributed by atoms with van der Waals surface area (Å²) in [6.45, 7) is -0.194. The van der Waals surface area contributed by atoms with Crippen LogP contribution in [0.5, 0.6) is 0 Å². The monoisotopic (exact) mass is 302 g/mol. The van der Waals surface area contributed by atoms with Crippen LogP contribution in [0.2, 0.25) is 0 Å². The van der Waals surface area contributed by atoms with E-state index in [-0.39, 0.29) is 24.4 Å². The predicted molar refractivity (Wildman–Crippen MR) is 76.4 cm³/mol. The zero-order valence-electron chi connectivity index (χ0n) is 11.4. The predicted octanol–water partition coefficient (Wildman–Crippen LogP) is 2.76. The van der Waals surface area contributed by atoms with Crippen LogP contribution in [0.25, 0.3) is 11.0 Å². The van der Waals surface area contributed by atoms with Gasteiger partial charge in [0.2, 0.25) is 0 Å². The van der Waals surface area contributed by atoms with Gasteiger partial charge in [0.05, 0.1) is 6.61 Å². The highest BCUT2D eigenvalue weighted by atomic mass is 19.2. The first kappa shape index (κ1) is 14.3. The number of H-pyrrole nitrogens is 1. The standard InChI is InChI=1S/C16H12F2N2O2/c17-13-3-1-2-10(15(13)18)5-14(22)12-7-20-16-11(12)4-9(8-21)6-19-16/h1-4,6-7,21H,5,8H2,(H,19,20). The molecule has 0 unspecified atom stereocenters. The van der Waals surface area contributed by atoms with Crippen LogP contribution < -0.4 is 0 Å². The lowest BCUT2D eigenvalue weighted by Gasteiger charge is -2.03. The molecule has 2 aromatic heterocycles. The molecule has 2 N–H and O–H groups in total. The Morgan fingerprint density at radius 1 is 1.32 bits per heavy atom. The van der Waals surface area contributed by atoms with Gasteiger partial charge in [0.1, 0.15) is 5.65 Å². The van der Waals surface area contributed by atoms with Gasteiger partial charge in [0.15, 0.2) is 17.4 Å². The lowest BCUT2D eigenvalue weighted by Crippen LogP contribution is -2.06. The third-order valence-electron chi connectivity index (χ3n) is 3.45. The molecule has 0 atom stereocenters. The number of nitrogens with zero attached hydrogens (tertiary/aromatic N) is 1. The minimum absolute atomic E-state index is 0.00521. The molecule has 0 aliphatic carbocycles. The molecule has 0 bridgehead atoms. The smallest absolute Gasteiger partial charge is 0.169 e. The van der Waals surface area contributed by atoms with E-state index in [1.807, 2.05) is 0 Å². The van der Waals surface area contributed by atoms with E-state index in [4.69, 9.17) is 5.11 Å². The van der Waals surface area contributed by atoms with E-state index in [1.165, 1.54) is 24.5 Å². The van der Waals surface area contributed by atoms with Gasteiger partial charge >= 0.3 is 0 Å². The summed E-state index contributed by atoms with van der Waals surface area (Å²) in [4.78, 5) is 19.3. The number of rotatable bonds is 4. The summed E-state index contributed by atoms with van der Waals surface area (Å²) >= 11 is 0. The fourth-order valence-electron chi connectivity index (χ4n) is 2.32. The van der Waals surface area contributed by atoms with Crippen molar-refractivity contribution in [2.75, 3.05) is 0 Å². The summed E-state index contributed by atoms with van der Waals surface area (Å²) in [6, 6.07) is 5.39. The molecule has 22 heavy (non-hydrogen) atoms. The Bertz CT molecular complexity index is 858. The van der Waals surface area contributed by atoms with Gasteiger partial charge in [-0.25, -0.2) is 13.8 Å². The normalized spacial score (nSPS) is 11.0. The number of ketones is 1. The van der Waals surface area contributed by atoms with E-state index in [0.29, 0.717) is 22.2 Å². The zero-order chi connectivity index (χ0) is 15.7. The van der Waals surface area contributed by atoms with E-state index < -0.39 is 11.6 Å². The molecule has 0 saturated carbocycles. The maximum atomic E-state index is 13.7. The summed E-state index contributed by atoms with van der Waals surface area (Å²) in [5, 5.41) is 9.69. The van der Waals surface area contributed by atoms with Crippen LogP contribution >= 0.6 is 0 Å². The van der Waals surface area contributed by atoms with Crippen molar-refractivity contribution in [1.29, 1.82) is 0 Å². The van der Waals surface area contributed by atoms with Crippen LogP contribution in [0.1, 0.15) is 21.5 Å². The third-order valence-corrected chi connectivity index (χ3v) is 3.45. The summed E-state index contributed by atoms with van der Waals surface area (Å²) < 4.78 is 26.8. The number of halogens is 2. The van der Waals surface area contributed by atoms with Crippen LogP contribution in [0.15, 0.2) is 36.7 Å². The van der Waals surface area contributed by atoms with E-state index in [0.717, 1.165) is 6.07 Å². The summed E-state index contributed by atoms with van der Waals surface area (Å²) in [6.07, 6.45) is 2.73. The van der Waals surface area contributed by atoms with Crippen LogP contribution in [-0.2, 0) is 13.0 Å². The number of aliphatic hydroxyl groups excluding tert-OH is 1. The highest BCUT2D eigenvalue weighted by Crippen LogP contribution is 2.21. The number of pyridine rings is 1. The molecule has 112 valence electrons. The van der Waals surface area contributed by atoms with E-state index in [2.05, 4.69) is 9.97 Å². The molecule has 0 aliphatic rings. The number of carbonyl (C=O) groups is 1. The van der Waals surface area contributed by atoms with Gasteiger partial charge in [-0.05, 0) is 23.3 Å². The second kappa shape index (κ2) is 5.65. The molecule has 3 rings (SSSR count). The van der Waals surface area contributed by atoms with Gasteiger partial charge in [-0.2, -0.15) is 0 Å². The maximum Gasteiger partial charge on any atom is 0.169 e. The number of carbonyl (C=O) groups excluding carboxylic acids is 1. The van der Waals surface area contributed by atoms with Crippen molar-refractivity contribution in [2.45, 2.75) is 13.0 Å². The van der Waals surface area contributed by atoms with Crippen molar-refractivity contribution in [2.24, 2.45) is 0 Å². The van der Waals surface area contributed by atoms with Crippen molar-refractivity contribution in [3.63, 3.8) is 0 Å². The van der Waals surface area contributed by atoms with Gasteiger partial charge in [0, 0.05) is 29.8 Å². The zero-order valence-corrected chi connectivity index (χ0v) is 11.4. The highest BCUT2D eigenvalue weighted by molar-refractivity contribution is 6.08. The molecule has 0 fully saturated rings. The first-order valence-electron chi connectivity index (χ1n) is 6.63. The average molecular weight is 302 g/mol. The van der Waals surface area contributed by atoms with Crippen LogP contribution in [-0.4, -0.2) is 20.9 Å². The van der Waals surface area contributed by atoms with Gasteiger partial charge in [-0.15, -0.1) is 0 Å². The van der Waals surface area contributed by atoms with Gasteiger partial charge < -0.3 is 10.1 Å². The number of aromatic amines is 1. The number of hydrogen-bond donors (Lipinski definition) is 2. The Labute approximate surface area is 124 Å². The average Bonchev–Trinajstić information content (AvgIpc) is 2.94. The Balaban J connectivity index is 1.97. The molecule has 2 heterocycles. The fraction of sp³-hybridized carbons (Fsp3) is 0.125. The molecule has 4 nitrogen and oxygen atoms in total. The summed E-state index contributed by atoms with van der Waals surface area (Å²) in [5.41, 5.74) is 1.41. The first-order valence-corrected chi connectivity index (χ1v) is 6.63. The fourth-order valence-corrected chi connectivity index (χ4v) is 2.32. The van der Waals surface area contributed by atoms with Crippen molar-refractivity contribution in [3.05, 3.63) is 65.0 Å². The highest BCUT2D eigenvalue weighted by Gasteiger charge is 2.17. The largest absolute Gasteiger partial charge is 0.392 e. The van der Waals surface area contributed by atoms with Crippen molar-refractivity contribution in [3.8, 4) is 0 Å². The van der Waals surface area contributed by atoms with Gasteiger partial charge in [0.25, 0.3) is 0 Å². The lowest BCUT2D eigenvalue weighted by atomic mass is 10.0. The third kappa shape index (κ3) is 2.48. The number of aromatic nitrogens is 2. The van der Waals surface area contributed by atoms with Crippen molar-refractivity contribution in [1.82, 2.24) is 9.97 Å². The summed E-state index contributed by atoms with van der Waals surface area (Å²) in [5.74, 6) is -2.34. The number of aliphatic hydroxyl groups is 1. The minimum Gasteiger partial charge on any atom is -0.392 e. The molecule has 0 amide bonds. The molecule has 0 aliphatic heterocycles. The van der Waals surface area contributed by atoms with E-state index in [9.17, 15) is 13.6 Å². The van der Waals surface area contributed by atoms with Gasteiger partial charge in [-0.3, -0.25) is 4.79 Å². The van der Waals surface area contributed by atoms with E-state index >= 15 is 0 Å². The molecule has 0 saturated heterocycles. The van der Waals surface area contributed by atoms with Crippen LogP contribution in [0.3, 0.4) is 0 Å². The van der Waals surface area contributed by atoms with Crippen LogP contribution in [0, 0.1) is 11.6 Å². The molecular formula is C16H12F2N2O2. The molecule has 3 aromatic rings. The quantitative estimate of drug-likeness (QED) is 0.728. The maximum absolute atomic E-state index is 13.7. The molecule has 0 spiro atoms. The second-order valence-electron chi connectivity index (χ2n) is 4.91. The number of Topliss-reactive ketones (excluding diaryl/α,β-unsaturated/α-hetero) is 1. The lowest BCUT2D eigenvalue weighted by molar-refractivity contribution is 0.0993. The topological polar surface area (TPSA) is 66.0 Å². The van der Waals surface area contributed by atoms with Crippen molar-refractivity contribution >= 4 is 16.8 Å². The Kier molecular flexibility index (Phi) is 3.68. The molecule has 1 aromatic carbocycles.